The third-order valence-electron chi connectivity index (χ3n) is 6.72. The molecule has 1 saturated heterocycles. The van der Waals surface area contributed by atoms with E-state index in [1.165, 1.54) is 21.1 Å². The van der Waals surface area contributed by atoms with Crippen LogP contribution in [-0.4, -0.2) is 55.5 Å². The summed E-state index contributed by atoms with van der Waals surface area (Å²) in [5, 5.41) is 2.60. The van der Waals surface area contributed by atoms with Gasteiger partial charge in [0.1, 0.15) is 17.5 Å². The number of rotatable bonds is 7. The lowest BCUT2D eigenvalue weighted by Gasteiger charge is -2.23. The van der Waals surface area contributed by atoms with Crippen LogP contribution in [0.1, 0.15) is 26.2 Å². The smallest absolute Gasteiger partial charge is 0.329 e. The summed E-state index contributed by atoms with van der Waals surface area (Å²) in [5.74, 6) is -1.08. The number of esters is 1. The van der Waals surface area contributed by atoms with E-state index in [1.54, 1.807) is 18.2 Å². The molecule has 2 aliphatic carbocycles. The number of imide groups is 1. The standard InChI is InChI=1S/C22H26N2O7/c1-11(24-20(26)18-12-4-5-13(8-12)19(18)21(24)27)22(28)31-10-17(25)23-15-7-6-14(29-2)9-16(15)30-3/h6-7,9,11-13,18-19H,4-5,8,10H2,1-3H3,(H,23,25)/t11-,12+,13+,18-,19+/m1/s1. The molecule has 9 heteroatoms. The zero-order chi connectivity index (χ0) is 22.3. The Labute approximate surface area is 180 Å². The lowest BCUT2D eigenvalue weighted by molar-refractivity contribution is -0.159. The van der Waals surface area contributed by atoms with E-state index in [-0.39, 0.29) is 35.5 Å². The van der Waals surface area contributed by atoms with Crippen LogP contribution in [-0.2, 0) is 23.9 Å². The Morgan fingerprint density at radius 2 is 1.74 bits per heavy atom. The highest BCUT2D eigenvalue weighted by molar-refractivity contribution is 6.08. The van der Waals surface area contributed by atoms with Crippen molar-refractivity contribution in [1.29, 1.82) is 0 Å². The van der Waals surface area contributed by atoms with E-state index in [4.69, 9.17) is 14.2 Å². The average molecular weight is 430 g/mol. The van der Waals surface area contributed by atoms with Gasteiger partial charge in [-0.05, 0) is 50.2 Å². The molecule has 2 saturated carbocycles. The first-order valence-electron chi connectivity index (χ1n) is 10.4. The summed E-state index contributed by atoms with van der Waals surface area (Å²) < 4.78 is 15.4. The first kappa shape index (κ1) is 21.1. The Kier molecular flexibility index (Phi) is 5.60. The van der Waals surface area contributed by atoms with Gasteiger partial charge >= 0.3 is 5.97 Å². The molecule has 1 heterocycles. The molecule has 0 radical (unpaired) electrons. The van der Waals surface area contributed by atoms with Crippen molar-refractivity contribution in [2.75, 3.05) is 26.1 Å². The number of ether oxygens (including phenoxy) is 3. The normalized spacial score (nSPS) is 27.1. The van der Waals surface area contributed by atoms with Crippen LogP contribution in [0.4, 0.5) is 5.69 Å². The maximum atomic E-state index is 12.8. The number of hydrogen-bond donors (Lipinski definition) is 1. The summed E-state index contributed by atoms with van der Waals surface area (Å²) in [4.78, 5) is 51.4. The zero-order valence-corrected chi connectivity index (χ0v) is 17.8. The van der Waals surface area contributed by atoms with Gasteiger partial charge in [-0.15, -0.1) is 0 Å². The topological polar surface area (TPSA) is 111 Å². The van der Waals surface area contributed by atoms with Gasteiger partial charge in [0.2, 0.25) is 11.8 Å². The maximum absolute atomic E-state index is 12.8. The van der Waals surface area contributed by atoms with Crippen molar-refractivity contribution in [3.8, 4) is 11.5 Å². The third-order valence-corrected chi connectivity index (χ3v) is 6.72. The van der Waals surface area contributed by atoms with E-state index >= 15 is 0 Å². The van der Waals surface area contributed by atoms with Crippen LogP contribution >= 0.6 is 0 Å². The summed E-state index contributed by atoms with van der Waals surface area (Å²) in [5.41, 5.74) is 0.394. The Balaban J connectivity index is 1.34. The molecule has 3 fully saturated rings. The highest BCUT2D eigenvalue weighted by Gasteiger charge is 2.62. The van der Waals surface area contributed by atoms with E-state index in [1.807, 2.05) is 0 Å². The molecular weight excluding hydrogens is 404 g/mol. The Bertz CT molecular complexity index is 902. The molecule has 5 atom stereocenters. The number of benzene rings is 1. The lowest BCUT2D eigenvalue weighted by Crippen LogP contribution is -2.45. The van der Waals surface area contributed by atoms with Crippen LogP contribution in [0.15, 0.2) is 18.2 Å². The molecule has 2 bridgehead atoms. The van der Waals surface area contributed by atoms with Gasteiger partial charge in [-0.1, -0.05) is 0 Å². The van der Waals surface area contributed by atoms with E-state index < -0.39 is 24.5 Å². The SMILES string of the molecule is COc1ccc(NC(=O)COC(=O)[C@@H](C)N2C(=O)[C@@H]3[C@H]4CC[C@@H](C4)[C@@H]3C2=O)c(OC)c1. The maximum Gasteiger partial charge on any atom is 0.329 e. The Morgan fingerprint density at radius 3 is 2.32 bits per heavy atom. The fraction of sp³-hybridized carbons (Fsp3) is 0.545. The molecule has 9 nitrogen and oxygen atoms in total. The van der Waals surface area contributed by atoms with Crippen molar-refractivity contribution in [2.45, 2.75) is 32.2 Å². The minimum absolute atomic E-state index is 0.241. The first-order chi connectivity index (χ1) is 14.8. The monoisotopic (exact) mass is 430 g/mol. The predicted molar refractivity (Wildman–Crippen MR) is 108 cm³/mol. The number of carbonyl (C=O) groups is 4. The number of methoxy groups -OCH3 is 2. The van der Waals surface area contributed by atoms with E-state index in [0.29, 0.717) is 17.2 Å². The predicted octanol–water partition coefficient (Wildman–Crippen LogP) is 1.61. The van der Waals surface area contributed by atoms with Crippen molar-refractivity contribution < 1.29 is 33.4 Å². The number of anilines is 1. The second kappa shape index (κ2) is 8.20. The van der Waals surface area contributed by atoms with Crippen LogP contribution in [0.3, 0.4) is 0 Å². The van der Waals surface area contributed by atoms with Crippen LogP contribution in [0.2, 0.25) is 0 Å². The first-order valence-corrected chi connectivity index (χ1v) is 10.4. The van der Waals surface area contributed by atoms with Crippen molar-refractivity contribution in [1.82, 2.24) is 4.90 Å². The number of carbonyl (C=O) groups excluding carboxylic acids is 4. The van der Waals surface area contributed by atoms with Gasteiger partial charge in [0.25, 0.3) is 5.91 Å². The van der Waals surface area contributed by atoms with Gasteiger partial charge in [0.05, 0.1) is 31.7 Å². The molecule has 4 rings (SSSR count). The van der Waals surface area contributed by atoms with Gasteiger partial charge in [-0.2, -0.15) is 0 Å². The van der Waals surface area contributed by atoms with E-state index in [0.717, 1.165) is 24.2 Å². The van der Waals surface area contributed by atoms with E-state index in [2.05, 4.69) is 5.32 Å². The highest BCUT2D eigenvalue weighted by Crippen LogP contribution is 2.56. The molecule has 0 spiro atoms. The largest absolute Gasteiger partial charge is 0.497 e. The lowest BCUT2D eigenvalue weighted by atomic mass is 9.81. The fourth-order valence-electron chi connectivity index (χ4n) is 5.26. The molecular formula is C22H26N2O7. The second-order valence-electron chi connectivity index (χ2n) is 8.33. The summed E-state index contributed by atoms with van der Waals surface area (Å²) in [7, 11) is 2.97. The Morgan fingerprint density at radius 1 is 1.10 bits per heavy atom. The van der Waals surface area contributed by atoms with Gasteiger partial charge < -0.3 is 19.5 Å². The van der Waals surface area contributed by atoms with Gasteiger partial charge in [0, 0.05) is 6.07 Å². The molecule has 0 unspecified atom stereocenters. The second-order valence-corrected chi connectivity index (χ2v) is 8.33. The molecule has 1 aromatic carbocycles. The molecule has 0 aromatic heterocycles. The minimum atomic E-state index is -1.06. The molecule has 3 amide bonds. The van der Waals surface area contributed by atoms with Crippen molar-refractivity contribution in [3.05, 3.63) is 18.2 Å². The summed E-state index contributed by atoms with van der Waals surface area (Å²) in [6.07, 6.45) is 2.85. The summed E-state index contributed by atoms with van der Waals surface area (Å²) in [6.45, 7) is 0.915. The van der Waals surface area contributed by atoms with Crippen molar-refractivity contribution >= 4 is 29.4 Å². The number of nitrogens with one attached hydrogen (secondary N) is 1. The molecule has 1 aromatic rings. The quantitative estimate of drug-likeness (QED) is 0.517. The minimum Gasteiger partial charge on any atom is -0.497 e. The van der Waals surface area contributed by atoms with E-state index in [9.17, 15) is 19.2 Å². The number of nitrogens with zero attached hydrogens (tertiary/aromatic N) is 1. The van der Waals surface area contributed by atoms with Crippen molar-refractivity contribution in [3.63, 3.8) is 0 Å². The fourth-order valence-corrected chi connectivity index (χ4v) is 5.26. The van der Waals surface area contributed by atoms with Gasteiger partial charge in [-0.3, -0.25) is 19.3 Å². The summed E-state index contributed by atoms with van der Waals surface area (Å²) in [6, 6.07) is 3.81. The number of amides is 3. The van der Waals surface area contributed by atoms with Crippen LogP contribution in [0, 0.1) is 23.7 Å². The molecule has 3 aliphatic rings. The van der Waals surface area contributed by atoms with Gasteiger partial charge in [0.15, 0.2) is 6.61 Å². The summed E-state index contributed by atoms with van der Waals surface area (Å²) >= 11 is 0. The molecule has 31 heavy (non-hydrogen) atoms. The highest BCUT2D eigenvalue weighted by atomic mass is 16.5. The number of likely N-dealkylation sites (tertiary alicyclic amines) is 1. The van der Waals surface area contributed by atoms with Crippen molar-refractivity contribution in [2.24, 2.45) is 23.7 Å². The zero-order valence-electron chi connectivity index (χ0n) is 17.8. The van der Waals surface area contributed by atoms with Crippen LogP contribution in [0.25, 0.3) is 0 Å². The Hall–Kier alpha value is -3.10. The molecule has 166 valence electrons. The average Bonchev–Trinajstić information content (AvgIpc) is 3.45. The molecule has 1 aliphatic heterocycles. The van der Waals surface area contributed by atoms with Crippen LogP contribution < -0.4 is 14.8 Å². The third kappa shape index (κ3) is 3.62. The number of hydrogen-bond acceptors (Lipinski definition) is 7. The number of fused-ring (bicyclic) bond motifs is 5. The van der Waals surface area contributed by atoms with Crippen LogP contribution in [0.5, 0.6) is 11.5 Å². The molecule has 1 N–H and O–H groups in total. The van der Waals surface area contributed by atoms with Gasteiger partial charge in [-0.25, -0.2) is 4.79 Å².